The van der Waals surface area contributed by atoms with Crippen LogP contribution in [0, 0.1) is 6.92 Å². The van der Waals surface area contributed by atoms with Gasteiger partial charge in [0.1, 0.15) is 11.5 Å². The molecule has 0 aliphatic carbocycles. The lowest BCUT2D eigenvalue weighted by molar-refractivity contribution is -0.132. The fourth-order valence-corrected chi connectivity index (χ4v) is 2.04. The van der Waals surface area contributed by atoms with E-state index in [-0.39, 0.29) is 12.5 Å². The van der Waals surface area contributed by atoms with E-state index in [9.17, 15) is 4.79 Å². The molecule has 1 amide bonds. The van der Waals surface area contributed by atoms with E-state index in [1.807, 2.05) is 44.2 Å². The SMILES string of the molecule is CCCOc1ccccc1OCC(=O)N(C)Cc1ccc(C)o1. The molecule has 0 saturated carbocycles. The summed E-state index contributed by atoms with van der Waals surface area (Å²) in [4.78, 5) is 13.7. The molecule has 124 valence electrons. The highest BCUT2D eigenvalue weighted by Crippen LogP contribution is 2.26. The van der Waals surface area contributed by atoms with Crippen molar-refractivity contribution in [1.29, 1.82) is 0 Å². The maximum atomic E-state index is 12.2. The number of benzene rings is 1. The zero-order valence-electron chi connectivity index (χ0n) is 13.9. The van der Waals surface area contributed by atoms with E-state index >= 15 is 0 Å². The van der Waals surface area contributed by atoms with E-state index in [1.165, 1.54) is 0 Å². The quantitative estimate of drug-likeness (QED) is 0.748. The smallest absolute Gasteiger partial charge is 0.260 e. The maximum Gasteiger partial charge on any atom is 0.260 e. The van der Waals surface area contributed by atoms with Gasteiger partial charge in [0.25, 0.3) is 5.91 Å². The van der Waals surface area contributed by atoms with Crippen LogP contribution in [0.3, 0.4) is 0 Å². The number of carbonyl (C=O) groups is 1. The summed E-state index contributed by atoms with van der Waals surface area (Å²) in [5.41, 5.74) is 0. The lowest BCUT2D eigenvalue weighted by atomic mass is 10.3. The van der Waals surface area contributed by atoms with E-state index in [0.717, 1.165) is 17.9 Å². The molecular formula is C18H23NO4. The van der Waals surface area contributed by atoms with Gasteiger partial charge in [0.15, 0.2) is 18.1 Å². The van der Waals surface area contributed by atoms with Crippen molar-refractivity contribution in [2.45, 2.75) is 26.8 Å². The summed E-state index contributed by atoms with van der Waals surface area (Å²) in [6, 6.07) is 11.1. The third-order valence-corrected chi connectivity index (χ3v) is 3.28. The Kier molecular flexibility index (Phi) is 6.09. The van der Waals surface area contributed by atoms with Crippen molar-refractivity contribution in [3.8, 4) is 11.5 Å². The van der Waals surface area contributed by atoms with Gasteiger partial charge in [-0.3, -0.25) is 4.79 Å². The molecule has 0 atom stereocenters. The van der Waals surface area contributed by atoms with E-state index in [1.54, 1.807) is 18.0 Å². The zero-order chi connectivity index (χ0) is 16.7. The van der Waals surface area contributed by atoms with Gasteiger partial charge in [-0.15, -0.1) is 0 Å². The highest BCUT2D eigenvalue weighted by molar-refractivity contribution is 5.77. The molecule has 0 aliphatic rings. The van der Waals surface area contributed by atoms with Crippen molar-refractivity contribution in [3.05, 3.63) is 47.9 Å². The van der Waals surface area contributed by atoms with Crippen LogP contribution in [-0.4, -0.2) is 31.1 Å². The van der Waals surface area contributed by atoms with Crippen LogP contribution in [0.4, 0.5) is 0 Å². The average molecular weight is 317 g/mol. The Bertz CT molecular complexity index is 635. The normalized spacial score (nSPS) is 10.4. The second-order valence-corrected chi connectivity index (χ2v) is 5.35. The summed E-state index contributed by atoms with van der Waals surface area (Å²) in [5, 5.41) is 0. The summed E-state index contributed by atoms with van der Waals surface area (Å²) in [6.45, 7) is 4.92. The van der Waals surface area contributed by atoms with Crippen molar-refractivity contribution < 1.29 is 18.7 Å². The summed E-state index contributed by atoms with van der Waals surface area (Å²) in [7, 11) is 1.73. The van der Waals surface area contributed by atoms with Crippen LogP contribution in [0.2, 0.25) is 0 Å². The van der Waals surface area contributed by atoms with Crippen LogP contribution in [0.1, 0.15) is 24.9 Å². The van der Waals surface area contributed by atoms with E-state index in [0.29, 0.717) is 24.7 Å². The third-order valence-electron chi connectivity index (χ3n) is 3.28. The van der Waals surface area contributed by atoms with Gasteiger partial charge < -0.3 is 18.8 Å². The minimum Gasteiger partial charge on any atom is -0.490 e. The Morgan fingerprint density at radius 2 is 1.83 bits per heavy atom. The molecule has 0 radical (unpaired) electrons. The van der Waals surface area contributed by atoms with Gasteiger partial charge in [-0.2, -0.15) is 0 Å². The zero-order valence-corrected chi connectivity index (χ0v) is 13.9. The Labute approximate surface area is 136 Å². The summed E-state index contributed by atoms with van der Waals surface area (Å²) >= 11 is 0. The first-order valence-corrected chi connectivity index (χ1v) is 7.74. The highest BCUT2D eigenvalue weighted by atomic mass is 16.5. The standard InChI is InChI=1S/C18H23NO4/c1-4-11-21-16-7-5-6-8-17(16)22-13-18(20)19(3)12-15-10-9-14(2)23-15/h5-10H,4,11-13H2,1-3H3. The number of furan rings is 1. The third kappa shape index (κ3) is 5.06. The summed E-state index contributed by atoms with van der Waals surface area (Å²) in [5.74, 6) is 2.71. The van der Waals surface area contributed by atoms with E-state index in [4.69, 9.17) is 13.9 Å². The van der Waals surface area contributed by atoms with Gasteiger partial charge in [-0.25, -0.2) is 0 Å². The van der Waals surface area contributed by atoms with Crippen molar-refractivity contribution in [2.75, 3.05) is 20.3 Å². The molecule has 0 bridgehead atoms. The van der Waals surface area contributed by atoms with Gasteiger partial charge in [-0.1, -0.05) is 19.1 Å². The largest absolute Gasteiger partial charge is 0.490 e. The van der Waals surface area contributed by atoms with Crippen molar-refractivity contribution in [2.24, 2.45) is 0 Å². The predicted molar refractivity (Wildman–Crippen MR) is 87.6 cm³/mol. The lowest BCUT2D eigenvalue weighted by Crippen LogP contribution is -2.30. The molecule has 0 saturated heterocycles. The Morgan fingerprint density at radius 1 is 1.13 bits per heavy atom. The highest BCUT2D eigenvalue weighted by Gasteiger charge is 2.13. The van der Waals surface area contributed by atoms with Gasteiger partial charge in [0.2, 0.25) is 0 Å². The number of para-hydroxylation sites is 2. The fourth-order valence-electron chi connectivity index (χ4n) is 2.04. The van der Waals surface area contributed by atoms with Gasteiger partial charge in [0.05, 0.1) is 13.2 Å². The van der Waals surface area contributed by atoms with Gasteiger partial charge in [-0.05, 0) is 37.6 Å². The molecular weight excluding hydrogens is 294 g/mol. The average Bonchev–Trinajstić information content (AvgIpc) is 2.96. The lowest BCUT2D eigenvalue weighted by Gasteiger charge is -2.17. The molecule has 23 heavy (non-hydrogen) atoms. The molecule has 2 aromatic rings. The number of hydrogen-bond donors (Lipinski definition) is 0. The number of rotatable bonds is 8. The number of hydrogen-bond acceptors (Lipinski definition) is 4. The molecule has 0 N–H and O–H groups in total. The van der Waals surface area contributed by atoms with Crippen LogP contribution >= 0.6 is 0 Å². The summed E-state index contributed by atoms with van der Waals surface area (Å²) < 4.78 is 16.7. The first-order chi connectivity index (χ1) is 11.1. The number of ether oxygens (including phenoxy) is 2. The first kappa shape index (κ1) is 16.9. The van der Waals surface area contributed by atoms with Crippen LogP contribution in [0.5, 0.6) is 11.5 Å². The number of aryl methyl sites for hydroxylation is 1. The minimum absolute atomic E-state index is 0.0390. The topological polar surface area (TPSA) is 51.9 Å². The Hall–Kier alpha value is -2.43. The van der Waals surface area contributed by atoms with Crippen molar-refractivity contribution in [1.82, 2.24) is 4.90 Å². The molecule has 0 fully saturated rings. The van der Waals surface area contributed by atoms with Crippen molar-refractivity contribution >= 4 is 5.91 Å². The molecule has 0 spiro atoms. The molecule has 2 rings (SSSR count). The van der Waals surface area contributed by atoms with Crippen molar-refractivity contribution in [3.63, 3.8) is 0 Å². The number of carbonyl (C=O) groups excluding carboxylic acids is 1. The van der Waals surface area contributed by atoms with Gasteiger partial charge >= 0.3 is 0 Å². The minimum atomic E-state index is -0.121. The first-order valence-electron chi connectivity index (χ1n) is 7.74. The maximum absolute atomic E-state index is 12.2. The van der Waals surface area contributed by atoms with E-state index in [2.05, 4.69) is 0 Å². The van der Waals surface area contributed by atoms with Crippen LogP contribution in [0.25, 0.3) is 0 Å². The van der Waals surface area contributed by atoms with Gasteiger partial charge in [0, 0.05) is 7.05 Å². The molecule has 1 aromatic heterocycles. The second-order valence-electron chi connectivity index (χ2n) is 5.35. The summed E-state index contributed by atoms with van der Waals surface area (Å²) in [6.07, 6.45) is 0.915. The van der Waals surface area contributed by atoms with E-state index < -0.39 is 0 Å². The molecule has 5 nitrogen and oxygen atoms in total. The number of nitrogens with zero attached hydrogens (tertiary/aromatic N) is 1. The molecule has 1 heterocycles. The molecule has 5 heteroatoms. The molecule has 0 unspecified atom stereocenters. The molecule has 1 aromatic carbocycles. The number of amides is 1. The molecule has 0 aliphatic heterocycles. The Balaban J connectivity index is 1.88. The second kappa shape index (κ2) is 8.27. The fraction of sp³-hybridized carbons (Fsp3) is 0.389. The van der Waals surface area contributed by atoms with Crippen LogP contribution < -0.4 is 9.47 Å². The Morgan fingerprint density at radius 3 is 2.43 bits per heavy atom. The monoisotopic (exact) mass is 317 g/mol. The predicted octanol–water partition coefficient (Wildman–Crippen LogP) is 3.41. The van der Waals surface area contributed by atoms with Crippen LogP contribution in [-0.2, 0) is 11.3 Å². The number of likely N-dealkylation sites (N-methyl/N-ethyl adjacent to an activating group) is 1. The van der Waals surface area contributed by atoms with Crippen LogP contribution in [0.15, 0.2) is 40.8 Å².